The Morgan fingerprint density at radius 2 is 1.61 bits per heavy atom. The Morgan fingerprint density at radius 1 is 0.898 bits per heavy atom. The number of aromatic nitrogens is 3. The lowest BCUT2D eigenvalue weighted by Crippen LogP contribution is -2.54. The normalized spacial score (nSPS) is 23.2. The molecule has 8 rings (SSSR count). The van der Waals surface area contributed by atoms with Gasteiger partial charge in [0.05, 0.1) is 31.1 Å². The highest BCUT2D eigenvalue weighted by Crippen LogP contribution is 2.54. The smallest absolute Gasteiger partial charge is 0.407 e. The second kappa shape index (κ2) is 17.3. The standard InChI is InChI=1S/C47H55N7O5/c1-27(2)42-35(8-6-20-48-42)24-51-45(55)41-34-19-18-33(22-34)40(41)37-23-36(25-49-37)31-12-10-29(11-13-31)30-14-16-32(17-15-30)38-26-50-44(52-38)39-9-7-21-54(39)46(56)43(28(3)58-4)53-47(57)59-5/h6,8,10-17,20,25-28,33-34,39-41,43H,7,9,18-19,21-24H2,1-5H3,(H,50,52)(H,51,55)(H,53,57)/t28-,33?,34?,39+,40-,41+,43+/m1/s1. The predicted molar refractivity (Wildman–Crippen MR) is 227 cm³/mol. The number of carbonyl (C=O) groups is 3. The molecular formula is C47H55N7O5. The van der Waals surface area contributed by atoms with Crippen molar-refractivity contribution in [2.24, 2.45) is 28.7 Å². The molecular weight excluding hydrogens is 743 g/mol. The first-order valence-electron chi connectivity index (χ1n) is 21.0. The van der Waals surface area contributed by atoms with Crippen molar-refractivity contribution in [2.75, 3.05) is 20.8 Å². The maximum atomic E-state index is 13.8. The molecule has 2 aliphatic carbocycles. The molecule has 3 fully saturated rings. The fraction of sp³-hybridized carbons (Fsp3) is 0.447. The fourth-order valence-electron chi connectivity index (χ4n) is 9.96. The van der Waals surface area contributed by atoms with Crippen molar-refractivity contribution in [1.29, 1.82) is 0 Å². The van der Waals surface area contributed by atoms with Crippen LogP contribution in [0.25, 0.3) is 28.0 Å². The van der Waals surface area contributed by atoms with Crippen LogP contribution in [-0.2, 0) is 25.6 Å². The second-order valence-corrected chi connectivity index (χ2v) is 16.8. The third kappa shape index (κ3) is 8.19. The van der Waals surface area contributed by atoms with E-state index in [4.69, 9.17) is 14.5 Å². The molecule has 4 aromatic rings. The van der Waals surface area contributed by atoms with Gasteiger partial charge >= 0.3 is 6.09 Å². The quantitative estimate of drug-likeness (QED) is 0.125. The molecule has 1 saturated heterocycles. The first-order valence-corrected chi connectivity index (χ1v) is 21.0. The summed E-state index contributed by atoms with van der Waals surface area (Å²) in [5, 5.41) is 5.93. The number of fused-ring (bicyclic) bond motifs is 2. The summed E-state index contributed by atoms with van der Waals surface area (Å²) in [6.45, 7) is 7.09. The number of aliphatic imine (C=N–C) groups is 1. The average molecular weight is 798 g/mol. The molecule has 2 bridgehead atoms. The lowest BCUT2D eigenvalue weighted by Gasteiger charge is -2.30. The second-order valence-electron chi connectivity index (χ2n) is 16.8. The Kier molecular flexibility index (Phi) is 11.8. The first-order chi connectivity index (χ1) is 28.6. The summed E-state index contributed by atoms with van der Waals surface area (Å²) in [6, 6.07) is 19.9. The number of benzene rings is 2. The molecule has 3 N–H and O–H groups in total. The highest BCUT2D eigenvalue weighted by atomic mass is 16.5. The van der Waals surface area contributed by atoms with E-state index < -0.39 is 18.2 Å². The van der Waals surface area contributed by atoms with Crippen LogP contribution in [0.3, 0.4) is 0 Å². The molecule has 12 nitrogen and oxygen atoms in total. The highest BCUT2D eigenvalue weighted by molar-refractivity contribution is 6.02. The van der Waals surface area contributed by atoms with Crippen LogP contribution in [0.15, 0.2) is 84.2 Å². The van der Waals surface area contributed by atoms with Crippen LogP contribution in [0.4, 0.5) is 4.79 Å². The molecule has 4 heterocycles. The number of H-pyrrole nitrogens is 1. The van der Waals surface area contributed by atoms with Crippen LogP contribution >= 0.6 is 0 Å². The number of aromatic amines is 1. The number of nitrogens with one attached hydrogen (secondary N) is 3. The number of hydrogen-bond donors (Lipinski definition) is 3. The lowest BCUT2D eigenvalue weighted by atomic mass is 9.75. The van der Waals surface area contributed by atoms with Gasteiger partial charge in [0.1, 0.15) is 11.9 Å². The molecule has 2 unspecified atom stereocenters. The predicted octanol–water partition coefficient (Wildman–Crippen LogP) is 7.85. The first kappa shape index (κ1) is 40.2. The number of ether oxygens (including phenoxy) is 2. The Hall–Kier alpha value is -5.62. The van der Waals surface area contributed by atoms with Crippen molar-refractivity contribution < 1.29 is 23.9 Å². The third-order valence-corrected chi connectivity index (χ3v) is 13.1. The topological polar surface area (TPSA) is 151 Å². The Balaban J connectivity index is 0.887. The van der Waals surface area contributed by atoms with E-state index in [2.05, 4.69) is 94.0 Å². The number of allylic oxidation sites excluding steroid dienone is 1. The van der Waals surface area contributed by atoms with Gasteiger partial charge in [0, 0.05) is 62.3 Å². The summed E-state index contributed by atoms with van der Waals surface area (Å²) in [5.41, 5.74) is 9.71. The SMILES string of the molecule is COC(=O)N[C@H](C(=O)N1CCC[C@H]1c1ncc(-c2ccc(-c3ccc(C4=CN=C([C@H]5C6CCC(C6)[C@@H]5C(=O)NCc5cccnc5C(C)C)C4)cc3)cc2)[nH]1)[C@@H](C)OC. The van der Waals surface area contributed by atoms with Crippen LogP contribution in [0, 0.1) is 23.7 Å². The summed E-state index contributed by atoms with van der Waals surface area (Å²) < 4.78 is 10.2. The van der Waals surface area contributed by atoms with Crippen LogP contribution < -0.4 is 10.6 Å². The lowest BCUT2D eigenvalue weighted by molar-refractivity contribution is -0.137. The number of carbonyl (C=O) groups excluding carboxylic acids is 3. The summed E-state index contributed by atoms with van der Waals surface area (Å²) in [7, 11) is 2.78. The number of methoxy groups -OCH3 is 2. The van der Waals surface area contributed by atoms with E-state index in [0.717, 1.165) is 77.0 Å². The number of rotatable bonds is 13. The van der Waals surface area contributed by atoms with E-state index in [1.807, 2.05) is 24.7 Å². The monoisotopic (exact) mass is 797 g/mol. The van der Waals surface area contributed by atoms with E-state index in [-0.39, 0.29) is 29.7 Å². The van der Waals surface area contributed by atoms with Crippen LogP contribution in [-0.4, -0.2) is 76.4 Å². The van der Waals surface area contributed by atoms with Crippen LogP contribution in [0.5, 0.6) is 0 Å². The summed E-state index contributed by atoms with van der Waals surface area (Å²) in [4.78, 5) is 59.0. The summed E-state index contributed by atoms with van der Waals surface area (Å²) in [5.74, 6) is 2.04. The van der Waals surface area contributed by atoms with Gasteiger partial charge < -0.3 is 30.0 Å². The van der Waals surface area contributed by atoms with Crippen molar-refractivity contribution in [3.63, 3.8) is 0 Å². The van der Waals surface area contributed by atoms with Crippen molar-refractivity contribution in [2.45, 2.75) is 89.9 Å². The number of pyridine rings is 1. The van der Waals surface area contributed by atoms with Crippen molar-refractivity contribution in [1.82, 2.24) is 30.5 Å². The van der Waals surface area contributed by atoms with E-state index in [1.165, 1.54) is 26.2 Å². The van der Waals surface area contributed by atoms with Crippen molar-refractivity contribution in [3.05, 3.63) is 102 Å². The van der Waals surface area contributed by atoms with Crippen LogP contribution in [0.1, 0.15) is 93.9 Å². The molecule has 59 heavy (non-hydrogen) atoms. The Bertz CT molecular complexity index is 2230. The Labute approximate surface area is 346 Å². The minimum atomic E-state index is -0.883. The molecule has 308 valence electrons. The van der Waals surface area contributed by atoms with Gasteiger partial charge in [0.2, 0.25) is 11.8 Å². The molecule has 3 amide bonds. The molecule has 2 aromatic heterocycles. The Morgan fingerprint density at radius 3 is 2.32 bits per heavy atom. The van der Waals surface area contributed by atoms with E-state index in [9.17, 15) is 14.4 Å². The number of amides is 3. The average Bonchev–Trinajstić information content (AvgIpc) is 4.13. The van der Waals surface area contributed by atoms with Crippen molar-refractivity contribution >= 4 is 29.2 Å². The zero-order valence-electron chi connectivity index (χ0n) is 34.6. The van der Waals surface area contributed by atoms with Gasteiger partial charge in [-0.2, -0.15) is 0 Å². The summed E-state index contributed by atoms with van der Waals surface area (Å²) in [6.07, 6.45) is 10.2. The van der Waals surface area contributed by atoms with Gasteiger partial charge in [-0.25, -0.2) is 9.78 Å². The number of likely N-dealkylation sites (tertiary alicyclic amines) is 1. The summed E-state index contributed by atoms with van der Waals surface area (Å²) >= 11 is 0. The molecule has 12 heteroatoms. The number of imidazole rings is 1. The van der Waals surface area contributed by atoms with Gasteiger partial charge in [0.15, 0.2) is 0 Å². The number of nitrogens with zero attached hydrogens (tertiary/aromatic N) is 4. The zero-order chi connectivity index (χ0) is 41.2. The molecule has 4 aliphatic rings. The van der Waals surface area contributed by atoms with Crippen LogP contribution in [0.2, 0.25) is 0 Å². The molecule has 7 atom stereocenters. The van der Waals surface area contributed by atoms with Gasteiger partial charge in [-0.05, 0) is 96.2 Å². The van der Waals surface area contributed by atoms with Gasteiger partial charge in [-0.1, -0.05) is 68.4 Å². The fourth-order valence-corrected chi connectivity index (χ4v) is 9.96. The molecule has 0 radical (unpaired) electrons. The molecule has 2 aliphatic heterocycles. The molecule has 2 aromatic carbocycles. The molecule has 0 spiro atoms. The van der Waals surface area contributed by atoms with E-state index in [0.29, 0.717) is 36.7 Å². The zero-order valence-corrected chi connectivity index (χ0v) is 34.6. The molecule has 2 saturated carbocycles. The third-order valence-electron chi connectivity index (χ3n) is 13.1. The van der Waals surface area contributed by atoms with Gasteiger partial charge in [-0.3, -0.25) is 19.6 Å². The highest BCUT2D eigenvalue weighted by Gasteiger charge is 2.52. The van der Waals surface area contributed by atoms with Crippen molar-refractivity contribution in [3.8, 4) is 22.4 Å². The maximum absolute atomic E-state index is 13.8. The van der Waals surface area contributed by atoms with Gasteiger partial charge in [0.25, 0.3) is 0 Å². The minimum absolute atomic E-state index is 0.0284. The van der Waals surface area contributed by atoms with E-state index >= 15 is 0 Å². The minimum Gasteiger partial charge on any atom is -0.453 e. The largest absolute Gasteiger partial charge is 0.453 e. The number of alkyl carbamates (subject to hydrolysis) is 1. The van der Waals surface area contributed by atoms with E-state index in [1.54, 1.807) is 11.8 Å². The number of hydrogen-bond acceptors (Lipinski definition) is 8. The maximum Gasteiger partial charge on any atom is 0.407 e. The van der Waals surface area contributed by atoms with Gasteiger partial charge in [-0.15, -0.1) is 0 Å².